The normalized spacial score (nSPS) is 10.7. The third-order valence-electron chi connectivity index (χ3n) is 2.46. The summed E-state index contributed by atoms with van der Waals surface area (Å²) < 4.78 is 10.9. The summed E-state index contributed by atoms with van der Waals surface area (Å²) in [5.41, 5.74) is 0.570. The molecule has 0 amide bonds. The lowest BCUT2D eigenvalue weighted by molar-refractivity contribution is -0.128. The molecule has 0 aliphatic rings. The molecule has 0 aliphatic carbocycles. The van der Waals surface area contributed by atoms with Crippen LogP contribution in [0.4, 0.5) is 0 Å². The highest BCUT2D eigenvalue weighted by Crippen LogP contribution is 2.16. The summed E-state index contributed by atoms with van der Waals surface area (Å²) in [4.78, 5) is 22.7. The lowest BCUT2D eigenvalue weighted by Crippen LogP contribution is -2.03. The highest BCUT2D eigenvalue weighted by Gasteiger charge is 2.03. The molecule has 5 heteroatoms. The average molecular weight is 335 g/mol. The van der Waals surface area contributed by atoms with E-state index in [1.807, 2.05) is 0 Å². The third kappa shape index (κ3) is 3.93. The van der Waals surface area contributed by atoms with Crippen molar-refractivity contribution in [3.8, 4) is 5.75 Å². The molecule has 102 valence electrons. The van der Waals surface area contributed by atoms with Crippen molar-refractivity contribution in [1.82, 2.24) is 0 Å². The van der Waals surface area contributed by atoms with Crippen LogP contribution >= 0.6 is 15.9 Å². The van der Waals surface area contributed by atoms with Gasteiger partial charge in [0.1, 0.15) is 11.5 Å². The van der Waals surface area contributed by atoms with E-state index in [9.17, 15) is 9.59 Å². The lowest BCUT2D eigenvalue weighted by Gasteiger charge is -2.01. The van der Waals surface area contributed by atoms with Crippen LogP contribution in [0.25, 0.3) is 6.08 Å². The van der Waals surface area contributed by atoms with Gasteiger partial charge in [0.2, 0.25) is 0 Å². The number of ketones is 1. The molecular formula is C15H11BrO4. The monoisotopic (exact) mass is 334 g/mol. The summed E-state index contributed by atoms with van der Waals surface area (Å²) in [5, 5.41) is 0. The molecule has 1 heterocycles. The van der Waals surface area contributed by atoms with Crippen molar-refractivity contribution in [2.24, 2.45) is 0 Å². The van der Waals surface area contributed by atoms with Crippen molar-refractivity contribution in [2.45, 2.75) is 6.92 Å². The van der Waals surface area contributed by atoms with Gasteiger partial charge in [-0.2, -0.15) is 0 Å². The molecule has 0 atom stereocenters. The van der Waals surface area contributed by atoms with Crippen LogP contribution in [0.5, 0.6) is 5.75 Å². The molecule has 0 saturated heterocycles. The van der Waals surface area contributed by atoms with Crippen LogP contribution in [0, 0.1) is 0 Å². The van der Waals surface area contributed by atoms with Gasteiger partial charge in [0.25, 0.3) is 0 Å². The molecule has 1 aromatic heterocycles. The number of benzene rings is 1. The molecule has 0 bridgehead atoms. The minimum atomic E-state index is -0.520. The highest BCUT2D eigenvalue weighted by molar-refractivity contribution is 9.10. The first-order valence-corrected chi connectivity index (χ1v) is 6.60. The molecule has 0 radical (unpaired) electrons. The Bertz CT molecular complexity index is 653. The van der Waals surface area contributed by atoms with Crippen LogP contribution < -0.4 is 4.74 Å². The van der Waals surface area contributed by atoms with Gasteiger partial charge in [-0.1, -0.05) is 0 Å². The van der Waals surface area contributed by atoms with Crippen molar-refractivity contribution in [1.29, 1.82) is 0 Å². The molecule has 0 saturated carbocycles. The van der Waals surface area contributed by atoms with Crippen LogP contribution in [-0.4, -0.2) is 11.8 Å². The SMILES string of the molecule is CC(=O)c1ccc(OC(=O)/C=C/c2ccc(Br)o2)cc1. The Hall–Kier alpha value is -2.14. The molecule has 0 fully saturated rings. The van der Waals surface area contributed by atoms with Gasteiger partial charge >= 0.3 is 5.97 Å². The zero-order valence-corrected chi connectivity index (χ0v) is 12.2. The molecular weight excluding hydrogens is 324 g/mol. The summed E-state index contributed by atoms with van der Waals surface area (Å²) in [7, 11) is 0. The van der Waals surface area contributed by atoms with E-state index in [1.54, 1.807) is 36.4 Å². The second kappa shape index (κ2) is 6.34. The number of carbonyl (C=O) groups excluding carboxylic acids is 2. The summed E-state index contributed by atoms with van der Waals surface area (Å²) in [6, 6.07) is 9.81. The number of furan rings is 1. The number of halogens is 1. The Balaban J connectivity index is 1.97. The van der Waals surface area contributed by atoms with Crippen LogP contribution in [0.3, 0.4) is 0 Å². The lowest BCUT2D eigenvalue weighted by atomic mass is 10.1. The number of rotatable bonds is 4. The Labute approximate surface area is 124 Å². The standard InChI is InChI=1S/C15H11BrO4/c1-10(17)11-2-4-13(5-3-11)20-15(18)9-7-12-6-8-14(16)19-12/h2-9H,1H3/b9-7+. The Morgan fingerprint density at radius 2 is 1.85 bits per heavy atom. The van der Waals surface area contributed by atoms with Gasteiger partial charge in [-0.25, -0.2) is 4.79 Å². The van der Waals surface area contributed by atoms with Crippen LogP contribution in [0.1, 0.15) is 23.0 Å². The molecule has 2 aromatic rings. The fraction of sp³-hybridized carbons (Fsp3) is 0.0667. The van der Waals surface area contributed by atoms with E-state index in [1.165, 1.54) is 19.1 Å². The van der Waals surface area contributed by atoms with Crippen LogP contribution in [0.15, 0.2) is 51.6 Å². The van der Waals surface area contributed by atoms with E-state index >= 15 is 0 Å². The Kier molecular flexibility index (Phi) is 4.53. The summed E-state index contributed by atoms with van der Waals surface area (Å²) in [6.45, 7) is 1.48. The maximum atomic E-state index is 11.6. The smallest absolute Gasteiger partial charge is 0.336 e. The molecule has 0 spiro atoms. The van der Waals surface area contributed by atoms with Gasteiger partial charge in [-0.3, -0.25) is 4.79 Å². The van der Waals surface area contributed by atoms with Gasteiger partial charge in [-0.15, -0.1) is 0 Å². The van der Waals surface area contributed by atoms with Crippen LogP contribution in [0.2, 0.25) is 0 Å². The Morgan fingerprint density at radius 3 is 2.40 bits per heavy atom. The van der Waals surface area contributed by atoms with E-state index in [0.717, 1.165) is 0 Å². The van der Waals surface area contributed by atoms with Gasteiger partial charge in [0.15, 0.2) is 10.5 Å². The Morgan fingerprint density at radius 1 is 1.15 bits per heavy atom. The van der Waals surface area contributed by atoms with Gasteiger partial charge < -0.3 is 9.15 Å². The maximum absolute atomic E-state index is 11.6. The molecule has 2 rings (SSSR count). The largest absolute Gasteiger partial charge is 0.450 e. The average Bonchev–Trinajstić information content (AvgIpc) is 2.83. The van der Waals surface area contributed by atoms with Crippen molar-refractivity contribution in [3.63, 3.8) is 0 Å². The number of hydrogen-bond donors (Lipinski definition) is 0. The predicted octanol–water partition coefficient (Wildman–Crippen LogP) is 3.86. The van der Waals surface area contributed by atoms with Gasteiger partial charge in [0, 0.05) is 11.6 Å². The van der Waals surface area contributed by atoms with E-state index in [4.69, 9.17) is 9.15 Å². The first-order valence-electron chi connectivity index (χ1n) is 5.81. The molecule has 0 unspecified atom stereocenters. The second-order valence-electron chi connectivity index (χ2n) is 3.98. The van der Waals surface area contributed by atoms with E-state index in [-0.39, 0.29) is 5.78 Å². The summed E-state index contributed by atoms with van der Waals surface area (Å²) >= 11 is 3.17. The second-order valence-corrected chi connectivity index (χ2v) is 4.76. The number of carbonyl (C=O) groups is 2. The quantitative estimate of drug-likeness (QED) is 0.368. The zero-order chi connectivity index (χ0) is 14.5. The molecule has 1 aromatic carbocycles. The minimum Gasteiger partial charge on any atom is -0.450 e. The van der Waals surface area contributed by atoms with Gasteiger partial charge in [0.05, 0.1) is 0 Å². The number of esters is 1. The number of Topliss-reactive ketones (excluding diaryl/α,β-unsaturated/α-hetero) is 1. The van der Waals surface area contributed by atoms with E-state index in [0.29, 0.717) is 21.7 Å². The molecule has 20 heavy (non-hydrogen) atoms. The van der Waals surface area contributed by atoms with Crippen molar-refractivity contribution in [2.75, 3.05) is 0 Å². The van der Waals surface area contributed by atoms with E-state index in [2.05, 4.69) is 15.9 Å². The fourth-order valence-electron chi connectivity index (χ4n) is 1.48. The first kappa shape index (κ1) is 14.3. The predicted molar refractivity (Wildman–Crippen MR) is 77.5 cm³/mol. The van der Waals surface area contributed by atoms with Crippen LogP contribution in [-0.2, 0) is 4.79 Å². The molecule has 0 aliphatic heterocycles. The molecule has 4 nitrogen and oxygen atoms in total. The number of ether oxygens (including phenoxy) is 1. The van der Waals surface area contributed by atoms with Crippen molar-refractivity contribution >= 4 is 33.8 Å². The van der Waals surface area contributed by atoms with Crippen molar-refractivity contribution < 1.29 is 18.7 Å². The zero-order valence-electron chi connectivity index (χ0n) is 10.6. The first-order chi connectivity index (χ1) is 9.54. The minimum absolute atomic E-state index is 0.0360. The highest BCUT2D eigenvalue weighted by atomic mass is 79.9. The van der Waals surface area contributed by atoms with Crippen molar-refractivity contribution in [3.05, 3.63) is 58.5 Å². The third-order valence-corrected chi connectivity index (χ3v) is 2.88. The summed E-state index contributed by atoms with van der Waals surface area (Å²) in [6.07, 6.45) is 2.78. The maximum Gasteiger partial charge on any atom is 0.336 e. The topological polar surface area (TPSA) is 56.5 Å². The van der Waals surface area contributed by atoms with Gasteiger partial charge in [-0.05, 0) is 65.3 Å². The summed E-state index contributed by atoms with van der Waals surface area (Å²) in [5.74, 6) is 0.366. The molecule has 0 N–H and O–H groups in total. The van der Waals surface area contributed by atoms with E-state index < -0.39 is 5.97 Å². The fourth-order valence-corrected chi connectivity index (χ4v) is 1.79. The number of hydrogen-bond acceptors (Lipinski definition) is 4.